The summed E-state index contributed by atoms with van der Waals surface area (Å²) >= 11 is 0. The summed E-state index contributed by atoms with van der Waals surface area (Å²) in [5, 5.41) is 27.1. The Balaban J connectivity index is 0.000000273. The van der Waals surface area contributed by atoms with Crippen LogP contribution in [0.3, 0.4) is 0 Å². The Morgan fingerprint density at radius 2 is 1.67 bits per heavy atom. The molecule has 3 aromatic rings. The fraction of sp³-hybridized carbons (Fsp3) is 0.208. The van der Waals surface area contributed by atoms with Crippen LogP contribution in [0.2, 0.25) is 0 Å². The highest BCUT2D eigenvalue weighted by Crippen LogP contribution is 2.21. The fourth-order valence-electron chi connectivity index (χ4n) is 2.81. The second-order valence-corrected chi connectivity index (χ2v) is 7.04. The minimum absolute atomic E-state index is 0.0280. The number of benzene rings is 1. The molecule has 2 heterocycles. The molecular weight excluding hydrogens is 428 g/mol. The van der Waals surface area contributed by atoms with Crippen molar-refractivity contribution in [3.8, 4) is 11.6 Å². The number of nitrogens with zero attached hydrogens (tertiary/aromatic N) is 2. The molecular formula is C24H24N2O7. The van der Waals surface area contributed by atoms with Crippen LogP contribution in [0.4, 0.5) is 0 Å². The lowest BCUT2D eigenvalue weighted by Crippen LogP contribution is -2.12. The predicted octanol–water partition coefficient (Wildman–Crippen LogP) is 2.62. The minimum Gasteiger partial charge on any atom is -0.505 e. The van der Waals surface area contributed by atoms with E-state index in [0.29, 0.717) is 35.0 Å². The van der Waals surface area contributed by atoms with E-state index in [1.165, 1.54) is 18.5 Å². The summed E-state index contributed by atoms with van der Waals surface area (Å²) in [5.74, 6) is -0.658. The number of ether oxygens (including phenoxy) is 1. The summed E-state index contributed by atoms with van der Waals surface area (Å²) in [6, 6.07) is 6.69. The lowest BCUT2D eigenvalue weighted by molar-refractivity contribution is 0.0725. The van der Waals surface area contributed by atoms with Crippen LogP contribution in [0.5, 0.6) is 11.6 Å². The van der Waals surface area contributed by atoms with E-state index in [-0.39, 0.29) is 36.0 Å². The number of hydrogen-bond acceptors (Lipinski definition) is 9. The van der Waals surface area contributed by atoms with E-state index >= 15 is 0 Å². The Kier molecular flexibility index (Phi) is 8.90. The van der Waals surface area contributed by atoms with Crippen LogP contribution in [0.15, 0.2) is 36.7 Å². The smallest absolute Gasteiger partial charge is 0.345 e. The molecule has 2 aromatic heterocycles. The second kappa shape index (κ2) is 11.6. The third kappa shape index (κ3) is 6.06. The van der Waals surface area contributed by atoms with E-state index in [1.54, 1.807) is 19.1 Å². The first kappa shape index (κ1) is 25.3. The van der Waals surface area contributed by atoms with Gasteiger partial charge in [-0.2, -0.15) is 0 Å². The highest BCUT2D eigenvalue weighted by Gasteiger charge is 2.14. The summed E-state index contributed by atoms with van der Waals surface area (Å²) in [5.41, 5.74) is 3.75. The molecule has 0 radical (unpaired) electrons. The fourth-order valence-corrected chi connectivity index (χ4v) is 2.81. The molecule has 9 nitrogen and oxygen atoms in total. The topological polar surface area (TPSA) is 147 Å². The van der Waals surface area contributed by atoms with E-state index < -0.39 is 5.97 Å². The maximum atomic E-state index is 12.1. The lowest BCUT2D eigenvalue weighted by Gasteiger charge is -2.09. The summed E-state index contributed by atoms with van der Waals surface area (Å²) in [6.07, 6.45) is 3.78. The molecule has 0 fully saturated rings. The van der Waals surface area contributed by atoms with Gasteiger partial charge in [0.25, 0.3) is 0 Å². The van der Waals surface area contributed by atoms with Crippen LogP contribution in [0.1, 0.15) is 59.0 Å². The number of pyridine rings is 2. The first-order chi connectivity index (χ1) is 15.8. The molecule has 0 aliphatic rings. The van der Waals surface area contributed by atoms with Crippen LogP contribution < -0.4 is 4.74 Å². The number of esters is 1. The van der Waals surface area contributed by atoms with Gasteiger partial charge >= 0.3 is 5.97 Å². The van der Waals surface area contributed by atoms with Crippen molar-refractivity contribution < 1.29 is 34.4 Å². The van der Waals surface area contributed by atoms with Crippen molar-refractivity contribution in [2.75, 3.05) is 0 Å². The van der Waals surface area contributed by atoms with Crippen molar-refractivity contribution in [2.24, 2.45) is 0 Å². The summed E-state index contributed by atoms with van der Waals surface area (Å²) < 4.78 is 5.19. The average molecular weight is 452 g/mol. The maximum Gasteiger partial charge on any atom is 0.345 e. The molecule has 172 valence electrons. The molecule has 0 aliphatic heterocycles. The van der Waals surface area contributed by atoms with E-state index in [1.807, 2.05) is 19.9 Å². The zero-order chi connectivity index (χ0) is 24.5. The van der Waals surface area contributed by atoms with Gasteiger partial charge in [-0.1, -0.05) is 12.1 Å². The molecule has 9 heteroatoms. The SMILES string of the molecule is Cc1cccc(C(=O)Oc2cc(C=O)c(CO)cn2)c1C.Cc1ncc(CO)c(C=O)c1O. The Bertz CT molecular complexity index is 1180. The number of aldehydes is 2. The first-order valence-corrected chi connectivity index (χ1v) is 9.84. The summed E-state index contributed by atoms with van der Waals surface area (Å²) in [4.78, 5) is 41.2. The van der Waals surface area contributed by atoms with Crippen LogP contribution in [-0.4, -0.2) is 43.8 Å². The largest absolute Gasteiger partial charge is 0.505 e. The second-order valence-electron chi connectivity index (χ2n) is 7.04. The monoisotopic (exact) mass is 452 g/mol. The number of carbonyl (C=O) groups excluding carboxylic acids is 3. The molecule has 0 amide bonds. The van der Waals surface area contributed by atoms with E-state index in [2.05, 4.69) is 9.97 Å². The van der Waals surface area contributed by atoms with Crippen molar-refractivity contribution >= 4 is 18.5 Å². The third-order valence-corrected chi connectivity index (χ3v) is 4.96. The number of aliphatic hydroxyl groups excluding tert-OH is 2. The average Bonchev–Trinajstić information content (AvgIpc) is 2.82. The first-order valence-electron chi connectivity index (χ1n) is 9.84. The van der Waals surface area contributed by atoms with E-state index in [4.69, 9.17) is 14.9 Å². The number of rotatable bonds is 6. The Hall–Kier alpha value is -3.95. The molecule has 0 saturated heterocycles. The molecule has 0 bridgehead atoms. The highest BCUT2D eigenvalue weighted by atomic mass is 16.5. The third-order valence-electron chi connectivity index (χ3n) is 4.96. The standard InChI is InChI=1S/C16H15NO4.C8H9NO3/c1-10-4-3-5-14(11(10)2)16(20)21-15-6-12(8-18)13(9-19)7-17-15;1-5-8(12)7(4-11)6(3-10)2-9-5/h3-8,19H,9H2,1-2H3;2,4,10,12H,3H2,1H3. The number of aromatic nitrogens is 2. The molecule has 0 aliphatic carbocycles. The number of aryl methyl sites for hydroxylation is 2. The van der Waals surface area contributed by atoms with Crippen molar-refractivity contribution in [2.45, 2.75) is 34.0 Å². The zero-order valence-electron chi connectivity index (χ0n) is 18.4. The van der Waals surface area contributed by atoms with E-state index in [0.717, 1.165) is 11.1 Å². The summed E-state index contributed by atoms with van der Waals surface area (Å²) in [7, 11) is 0. The van der Waals surface area contributed by atoms with Gasteiger partial charge in [0.1, 0.15) is 5.75 Å². The summed E-state index contributed by atoms with van der Waals surface area (Å²) in [6.45, 7) is 4.74. The van der Waals surface area contributed by atoms with Gasteiger partial charge < -0.3 is 20.1 Å². The highest BCUT2D eigenvalue weighted by molar-refractivity contribution is 5.93. The Morgan fingerprint density at radius 3 is 2.27 bits per heavy atom. The van der Waals surface area contributed by atoms with Gasteiger partial charge in [-0.05, 0) is 38.0 Å². The van der Waals surface area contributed by atoms with Gasteiger partial charge in [0.05, 0.1) is 30.0 Å². The molecule has 0 atom stereocenters. The molecule has 33 heavy (non-hydrogen) atoms. The molecule has 3 rings (SSSR count). The number of carbonyl (C=O) groups is 3. The van der Waals surface area contributed by atoms with Crippen molar-refractivity contribution in [3.05, 3.63) is 81.3 Å². The van der Waals surface area contributed by atoms with Gasteiger partial charge in [0.15, 0.2) is 12.6 Å². The van der Waals surface area contributed by atoms with Crippen molar-refractivity contribution in [1.82, 2.24) is 9.97 Å². The number of aliphatic hydroxyl groups is 2. The molecule has 3 N–H and O–H groups in total. The predicted molar refractivity (Wildman–Crippen MR) is 118 cm³/mol. The van der Waals surface area contributed by atoms with E-state index in [9.17, 15) is 19.5 Å². The van der Waals surface area contributed by atoms with Gasteiger partial charge in [-0.3, -0.25) is 14.6 Å². The van der Waals surface area contributed by atoms with Crippen molar-refractivity contribution in [1.29, 1.82) is 0 Å². The van der Waals surface area contributed by atoms with Crippen LogP contribution >= 0.6 is 0 Å². The number of hydrogen-bond donors (Lipinski definition) is 3. The molecule has 0 unspecified atom stereocenters. The van der Waals surface area contributed by atoms with Crippen LogP contribution in [0, 0.1) is 20.8 Å². The van der Waals surface area contributed by atoms with Gasteiger partial charge in [0, 0.05) is 35.2 Å². The van der Waals surface area contributed by atoms with Crippen molar-refractivity contribution in [3.63, 3.8) is 0 Å². The Morgan fingerprint density at radius 1 is 1.00 bits per heavy atom. The van der Waals surface area contributed by atoms with Crippen LogP contribution in [-0.2, 0) is 13.2 Å². The molecule has 0 saturated carbocycles. The van der Waals surface area contributed by atoms with Gasteiger partial charge in [0.2, 0.25) is 5.88 Å². The quantitative estimate of drug-likeness (QED) is 0.379. The van der Waals surface area contributed by atoms with Gasteiger partial charge in [-0.25, -0.2) is 9.78 Å². The minimum atomic E-state index is -0.530. The number of aromatic hydroxyl groups is 1. The molecule has 0 spiro atoms. The zero-order valence-corrected chi connectivity index (χ0v) is 18.4. The van der Waals surface area contributed by atoms with Gasteiger partial charge in [-0.15, -0.1) is 0 Å². The molecule has 1 aromatic carbocycles. The lowest BCUT2D eigenvalue weighted by atomic mass is 10.0. The van der Waals surface area contributed by atoms with Crippen LogP contribution in [0.25, 0.3) is 0 Å². The normalized spacial score (nSPS) is 10.1. The maximum absolute atomic E-state index is 12.1. The Labute approximate surface area is 190 Å².